The molecule has 1 aromatic carbocycles. The van der Waals surface area contributed by atoms with Crippen molar-refractivity contribution >= 4 is 5.91 Å². The van der Waals surface area contributed by atoms with Crippen molar-refractivity contribution in [2.45, 2.75) is 12.5 Å². The minimum atomic E-state index is -0.289. The van der Waals surface area contributed by atoms with E-state index in [1.165, 1.54) is 0 Å². The fourth-order valence-corrected chi connectivity index (χ4v) is 1.82. The summed E-state index contributed by atoms with van der Waals surface area (Å²) < 4.78 is 2.00. The van der Waals surface area contributed by atoms with Gasteiger partial charge in [-0.25, -0.2) is 0 Å². The Kier molecular flexibility index (Phi) is 3.05. The summed E-state index contributed by atoms with van der Waals surface area (Å²) in [5, 5.41) is 0. The number of hydrogen-bond donors (Lipinski definition) is 1. The molecule has 3 nitrogen and oxygen atoms in total. The molecule has 2 N–H and O–H groups in total. The lowest BCUT2D eigenvalue weighted by atomic mass is 10.0. The van der Waals surface area contributed by atoms with Gasteiger partial charge in [-0.3, -0.25) is 4.79 Å². The second-order valence-corrected chi connectivity index (χ2v) is 3.73. The van der Waals surface area contributed by atoms with Crippen molar-refractivity contribution in [1.82, 2.24) is 4.57 Å². The number of nitrogens with two attached hydrogens (primary N) is 1. The Balaban J connectivity index is 2.32. The van der Waals surface area contributed by atoms with Crippen LogP contribution in [0.2, 0.25) is 0 Å². The second-order valence-electron chi connectivity index (χ2n) is 3.73. The van der Waals surface area contributed by atoms with Gasteiger partial charge in [0, 0.05) is 12.4 Å². The van der Waals surface area contributed by atoms with Crippen molar-refractivity contribution in [2.75, 3.05) is 0 Å². The number of carbonyl (C=O) groups is 1. The highest BCUT2D eigenvalue weighted by molar-refractivity contribution is 5.74. The first-order valence-electron chi connectivity index (χ1n) is 5.23. The minimum absolute atomic E-state index is 0.00583. The molecule has 1 unspecified atom stereocenters. The molecule has 82 valence electrons. The lowest BCUT2D eigenvalue weighted by Gasteiger charge is -2.17. The van der Waals surface area contributed by atoms with Gasteiger partial charge in [-0.1, -0.05) is 30.3 Å². The lowest BCUT2D eigenvalue weighted by Crippen LogP contribution is -2.19. The zero-order valence-corrected chi connectivity index (χ0v) is 8.91. The Morgan fingerprint density at radius 1 is 1.12 bits per heavy atom. The zero-order valence-electron chi connectivity index (χ0n) is 8.91. The maximum absolute atomic E-state index is 11.1. The van der Waals surface area contributed by atoms with Crippen LogP contribution in [0.15, 0.2) is 54.9 Å². The van der Waals surface area contributed by atoms with E-state index in [0.29, 0.717) is 6.42 Å². The molecule has 3 heteroatoms. The van der Waals surface area contributed by atoms with E-state index in [1.54, 1.807) is 0 Å². The predicted octanol–water partition coefficient (Wildman–Crippen LogP) is 1.95. The Morgan fingerprint density at radius 3 is 2.31 bits per heavy atom. The van der Waals surface area contributed by atoms with Gasteiger partial charge < -0.3 is 10.3 Å². The van der Waals surface area contributed by atoms with Gasteiger partial charge in [0.05, 0.1) is 12.5 Å². The molecule has 0 aliphatic heterocycles. The van der Waals surface area contributed by atoms with Crippen LogP contribution < -0.4 is 5.73 Å². The molecule has 1 aromatic heterocycles. The third-order valence-corrected chi connectivity index (χ3v) is 2.57. The highest BCUT2D eigenvalue weighted by atomic mass is 16.1. The molecule has 16 heavy (non-hydrogen) atoms. The first kappa shape index (κ1) is 10.5. The topological polar surface area (TPSA) is 48.0 Å². The summed E-state index contributed by atoms with van der Waals surface area (Å²) in [6.07, 6.45) is 4.21. The summed E-state index contributed by atoms with van der Waals surface area (Å²) in [7, 11) is 0. The van der Waals surface area contributed by atoms with Gasteiger partial charge in [-0.2, -0.15) is 0 Å². The molecule has 1 heterocycles. The summed E-state index contributed by atoms with van der Waals surface area (Å²) in [6.45, 7) is 0. The third kappa shape index (κ3) is 2.31. The van der Waals surface area contributed by atoms with Crippen LogP contribution >= 0.6 is 0 Å². The SMILES string of the molecule is NC(=O)CC(c1ccccc1)n1cccc1. The van der Waals surface area contributed by atoms with Crippen LogP contribution in [-0.4, -0.2) is 10.5 Å². The van der Waals surface area contributed by atoms with Gasteiger partial charge in [-0.05, 0) is 17.7 Å². The van der Waals surface area contributed by atoms with E-state index in [1.807, 2.05) is 59.4 Å². The quantitative estimate of drug-likeness (QED) is 0.830. The smallest absolute Gasteiger partial charge is 0.219 e. The lowest BCUT2D eigenvalue weighted by molar-refractivity contribution is -0.118. The largest absolute Gasteiger partial charge is 0.370 e. The van der Waals surface area contributed by atoms with Gasteiger partial charge in [0.1, 0.15) is 0 Å². The maximum Gasteiger partial charge on any atom is 0.219 e. The Bertz CT molecular complexity index is 448. The summed E-state index contributed by atoms with van der Waals surface area (Å²) in [4.78, 5) is 11.1. The molecule has 0 spiro atoms. The molecule has 0 saturated carbocycles. The molecule has 0 radical (unpaired) electrons. The Morgan fingerprint density at radius 2 is 1.75 bits per heavy atom. The standard InChI is InChI=1S/C13H14N2O/c14-13(16)10-12(15-8-4-5-9-15)11-6-2-1-3-7-11/h1-9,12H,10H2,(H2,14,16). The molecular weight excluding hydrogens is 200 g/mol. The average Bonchev–Trinajstić information content (AvgIpc) is 2.80. The first-order valence-corrected chi connectivity index (χ1v) is 5.23. The molecular formula is C13H14N2O. The van der Waals surface area contributed by atoms with Crippen LogP contribution in [0.4, 0.5) is 0 Å². The summed E-state index contributed by atoms with van der Waals surface area (Å²) >= 11 is 0. The maximum atomic E-state index is 11.1. The van der Waals surface area contributed by atoms with Gasteiger partial charge in [-0.15, -0.1) is 0 Å². The average molecular weight is 214 g/mol. The highest BCUT2D eigenvalue weighted by Crippen LogP contribution is 2.21. The predicted molar refractivity (Wildman–Crippen MR) is 62.8 cm³/mol. The number of benzene rings is 1. The molecule has 0 saturated heterocycles. The van der Waals surface area contributed by atoms with Gasteiger partial charge in [0.15, 0.2) is 0 Å². The molecule has 1 amide bonds. The van der Waals surface area contributed by atoms with E-state index in [4.69, 9.17) is 5.73 Å². The fourth-order valence-electron chi connectivity index (χ4n) is 1.82. The molecule has 1 atom stereocenters. The number of amides is 1. The van der Waals surface area contributed by atoms with Crippen LogP contribution in [-0.2, 0) is 4.79 Å². The van der Waals surface area contributed by atoms with E-state index in [9.17, 15) is 4.79 Å². The van der Waals surface area contributed by atoms with Crippen molar-refractivity contribution in [1.29, 1.82) is 0 Å². The van der Waals surface area contributed by atoms with Gasteiger partial charge >= 0.3 is 0 Å². The number of aromatic nitrogens is 1. The van der Waals surface area contributed by atoms with Crippen molar-refractivity contribution < 1.29 is 4.79 Å². The molecule has 2 aromatic rings. The second kappa shape index (κ2) is 4.66. The molecule has 0 aliphatic rings. The third-order valence-electron chi connectivity index (χ3n) is 2.57. The fraction of sp³-hybridized carbons (Fsp3) is 0.154. The zero-order chi connectivity index (χ0) is 11.4. The van der Waals surface area contributed by atoms with E-state index < -0.39 is 0 Å². The van der Waals surface area contributed by atoms with Crippen LogP contribution in [0.1, 0.15) is 18.0 Å². The molecule has 0 bridgehead atoms. The van der Waals surface area contributed by atoms with E-state index >= 15 is 0 Å². The molecule has 2 rings (SSSR count). The van der Waals surface area contributed by atoms with Crippen LogP contribution in [0.25, 0.3) is 0 Å². The van der Waals surface area contributed by atoms with Gasteiger partial charge in [0.2, 0.25) is 5.91 Å². The normalized spacial score (nSPS) is 12.2. The number of nitrogens with zero attached hydrogens (tertiary/aromatic N) is 1. The number of primary amides is 1. The molecule has 0 fully saturated rings. The summed E-state index contributed by atoms with van der Waals surface area (Å²) in [6, 6.07) is 13.8. The van der Waals surface area contributed by atoms with Crippen molar-refractivity contribution in [3.05, 3.63) is 60.4 Å². The summed E-state index contributed by atoms with van der Waals surface area (Å²) in [5.41, 5.74) is 6.38. The first-order chi connectivity index (χ1) is 7.77. The number of rotatable bonds is 4. The van der Waals surface area contributed by atoms with E-state index in [2.05, 4.69) is 0 Å². The molecule has 0 aliphatic carbocycles. The van der Waals surface area contributed by atoms with Crippen molar-refractivity contribution in [3.63, 3.8) is 0 Å². The number of carbonyl (C=O) groups excluding carboxylic acids is 1. The van der Waals surface area contributed by atoms with Crippen LogP contribution in [0.5, 0.6) is 0 Å². The number of hydrogen-bond acceptors (Lipinski definition) is 1. The minimum Gasteiger partial charge on any atom is -0.370 e. The van der Waals surface area contributed by atoms with Crippen molar-refractivity contribution in [2.24, 2.45) is 5.73 Å². The Labute approximate surface area is 94.5 Å². The Hall–Kier alpha value is -2.03. The van der Waals surface area contributed by atoms with Crippen molar-refractivity contribution in [3.8, 4) is 0 Å². The van der Waals surface area contributed by atoms with Gasteiger partial charge in [0.25, 0.3) is 0 Å². The monoisotopic (exact) mass is 214 g/mol. The van der Waals surface area contributed by atoms with E-state index in [0.717, 1.165) is 5.56 Å². The van der Waals surface area contributed by atoms with E-state index in [-0.39, 0.29) is 11.9 Å². The highest BCUT2D eigenvalue weighted by Gasteiger charge is 2.14. The summed E-state index contributed by atoms with van der Waals surface area (Å²) in [5.74, 6) is -0.289. The van der Waals surface area contributed by atoms with Crippen LogP contribution in [0.3, 0.4) is 0 Å². The van der Waals surface area contributed by atoms with Crippen LogP contribution in [0, 0.1) is 0 Å².